The van der Waals surface area contributed by atoms with Gasteiger partial charge >= 0.3 is 0 Å². The molecular weight excluding hydrogens is 400 g/mol. The Morgan fingerprint density at radius 2 is 1.68 bits per heavy atom. The average molecular weight is 418 g/mol. The number of halogens is 3. The van der Waals surface area contributed by atoms with Crippen LogP contribution in [0, 0.1) is 5.82 Å². The molecule has 0 aliphatic rings. The first-order valence-corrected chi connectivity index (χ1v) is 9.44. The van der Waals surface area contributed by atoms with Gasteiger partial charge in [0.25, 0.3) is 0 Å². The molecule has 0 aromatic heterocycles. The fraction of sp³-hybridized carbons (Fsp3) is 0.136. The van der Waals surface area contributed by atoms with E-state index in [0.717, 1.165) is 17.0 Å². The molecule has 0 radical (unpaired) electrons. The quantitative estimate of drug-likeness (QED) is 0.393. The van der Waals surface area contributed by atoms with Crippen molar-refractivity contribution in [1.82, 2.24) is 0 Å². The molecule has 3 rings (SSSR count). The van der Waals surface area contributed by atoms with Crippen LogP contribution in [0.5, 0.6) is 11.5 Å². The Balaban J connectivity index is 1.70. The summed E-state index contributed by atoms with van der Waals surface area (Å²) in [5.74, 6) is 0.831. The third-order valence-electron chi connectivity index (χ3n) is 3.80. The Morgan fingerprint density at radius 1 is 0.964 bits per heavy atom. The van der Waals surface area contributed by atoms with Gasteiger partial charge in [0.05, 0.1) is 22.3 Å². The van der Waals surface area contributed by atoms with E-state index in [-0.39, 0.29) is 12.4 Å². The van der Waals surface area contributed by atoms with Crippen LogP contribution in [0.2, 0.25) is 10.0 Å². The molecule has 0 spiro atoms. The summed E-state index contributed by atoms with van der Waals surface area (Å²) in [6.45, 7) is 2.72. The standard InChI is InChI=1S/C22H18Cl2FNO2/c1-2-27-19-8-6-18(7-9-19)26-13-16-11-20(23)22(21(24)12-16)28-14-15-4-3-5-17(25)10-15/h3-13H,2,14H2,1H3. The van der Waals surface area contributed by atoms with Crippen LogP contribution in [0.3, 0.4) is 0 Å². The summed E-state index contributed by atoms with van der Waals surface area (Å²) < 4.78 is 24.3. The second kappa shape index (κ2) is 9.58. The molecule has 3 nitrogen and oxygen atoms in total. The van der Waals surface area contributed by atoms with Crippen LogP contribution in [-0.4, -0.2) is 12.8 Å². The highest BCUT2D eigenvalue weighted by molar-refractivity contribution is 6.37. The van der Waals surface area contributed by atoms with Gasteiger partial charge in [-0.05, 0) is 66.6 Å². The van der Waals surface area contributed by atoms with Gasteiger partial charge in [0.2, 0.25) is 0 Å². The van der Waals surface area contributed by atoms with Gasteiger partial charge in [-0.2, -0.15) is 0 Å². The molecular formula is C22H18Cl2FNO2. The average Bonchev–Trinajstić information content (AvgIpc) is 2.67. The van der Waals surface area contributed by atoms with Crippen molar-refractivity contribution in [2.75, 3.05) is 6.61 Å². The second-order valence-electron chi connectivity index (χ2n) is 5.92. The van der Waals surface area contributed by atoms with Crippen molar-refractivity contribution in [2.45, 2.75) is 13.5 Å². The van der Waals surface area contributed by atoms with Gasteiger partial charge in [-0.1, -0.05) is 35.3 Å². The first kappa shape index (κ1) is 20.2. The topological polar surface area (TPSA) is 30.8 Å². The zero-order chi connectivity index (χ0) is 19.9. The van der Waals surface area contributed by atoms with E-state index >= 15 is 0 Å². The van der Waals surface area contributed by atoms with Crippen LogP contribution >= 0.6 is 23.2 Å². The van der Waals surface area contributed by atoms with Crippen molar-refractivity contribution in [2.24, 2.45) is 4.99 Å². The zero-order valence-corrected chi connectivity index (χ0v) is 16.7. The summed E-state index contributed by atoms with van der Waals surface area (Å²) in [6, 6.07) is 17.0. The molecule has 0 saturated heterocycles. The van der Waals surface area contributed by atoms with Crippen LogP contribution < -0.4 is 9.47 Å². The van der Waals surface area contributed by atoms with Crippen LogP contribution in [-0.2, 0) is 6.61 Å². The Labute approximate surface area is 173 Å². The number of aliphatic imine (C=N–C) groups is 1. The Kier molecular flexibility index (Phi) is 6.90. The van der Waals surface area contributed by atoms with Gasteiger partial charge < -0.3 is 9.47 Å². The van der Waals surface area contributed by atoms with Crippen molar-refractivity contribution < 1.29 is 13.9 Å². The normalized spacial score (nSPS) is 11.0. The summed E-state index contributed by atoms with van der Waals surface area (Å²) in [5, 5.41) is 0.717. The van der Waals surface area contributed by atoms with Crippen molar-refractivity contribution in [1.29, 1.82) is 0 Å². The van der Waals surface area contributed by atoms with Crippen molar-refractivity contribution in [3.8, 4) is 11.5 Å². The molecule has 0 aliphatic carbocycles. The minimum atomic E-state index is -0.320. The van der Waals surface area contributed by atoms with Gasteiger partial charge in [0.1, 0.15) is 18.2 Å². The lowest BCUT2D eigenvalue weighted by Gasteiger charge is -2.11. The van der Waals surface area contributed by atoms with E-state index in [0.29, 0.717) is 28.0 Å². The number of ether oxygens (including phenoxy) is 2. The second-order valence-corrected chi connectivity index (χ2v) is 6.73. The lowest BCUT2D eigenvalue weighted by Crippen LogP contribution is -1.98. The maximum atomic E-state index is 13.3. The van der Waals surface area contributed by atoms with Gasteiger partial charge in [-0.15, -0.1) is 0 Å². The van der Waals surface area contributed by atoms with Crippen LogP contribution in [0.4, 0.5) is 10.1 Å². The smallest absolute Gasteiger partial charge is 0.157 e. The first-order chi connectivity index (χ1) is 13.5. The Bertz CT molecular complexity index is 952. The number of rotatable bonds is 7. The molecule has 0 amide bonds. The van der Waals surface area contributed by atoms with E-state index in [1.165, 1.54) is 12.1 Å². The van der Waals surface area contributed by atoms with Gasteiger partial charge in [-0.3, -0.25) is 4.99 Å². The molecule has 3 aromatic carbocycles. The molecule has 0 saturated carbocycles. The van der Waals surface area contributed by atoms with E-state index in [9.17, 15) is 4.39 Å². The molecule has 3 aromatic rings. The third-order valence-corrected chi connectivity index (χ3v) is 4.36. The number of hydrogen-bond donors (Lipinski definition) is 0. The van der Waals surface area contributed by atoms with E-state index < -0.39 is 0 Å². The fourth-order valence-corrected chi connectivity index (χ4v) is 3.13. The van der Waals surface area contributed by atoms with Crippen molar-refractivity contribution in [3.63, 3.8) is 0 Å². The highest BCUT2D eigenvalue weighted by atomic mass is 35.5. The predicted octanol–water partition coefficient (Wildman–Crippen LogP) is 6.86. The molecule has 0 unspecified atom stereocenters. The Hall–Kier alpha value is -2.56. The molecule has 0 N–H and O–H groups in total. The lowest BCUT2D eigenvalue weighted by atomic mass is 10.2. The lowest BCUT2D eigenvalue weighted by molar-refractivity contribution is 0.306. The summed E-state index contributed by atoms with van der Waals surface area (Å²) in [5.41, 5.74) is 2.21. The van der Waals surface area contributed by atoms with Gasteiger partial charge in [0, 0.05) is 6.21 Å². The summed E-state index contributed by atoms with van der Waals surface area (Å²) in [4.78, 5) is 4.41. The fourth-order valence-electron chi connectivity index (χ4n) is 2.52. The summed E-state index contributed by atoms with van der Waals surface area (Å²) in [7, 11) is 0. The number of nitrogens with zero attached hydrogens (tertiary/aromatic N) is 1. The van der Waals surface area contributed by atoms with Crippen molar-refractivity contribution in [3.05, 3.63) is 87.7 Å². The van der Waals surface area contributed by atoms with E-state index in [2.05, 4.69) is 4.99 Å². The molecule has 28 heavy (non-hydrogen) atoms. The molecule has 0 fully saturated rings. The number of hydrogen-bond acceptors (Lipinski definition) is 3. The minimum absolute atomic E-state index is 0.164. The van der Waals surface area contributed by atoms with Crippen LogP contribution in [0.15, 0.2) is 65.7 Å². The Morgan fingerprint density at radius 3 is 2.32 bits per heavy atom. The third kappa shape index (κ3) is 5.47. The molecule has 0 atom stereocenters. The predicted molar refractivity (Wildman–Crippen MR) is 112 cm³/mol. The maximum absolute atomic E-state index is 13.3. The monoisotopic (exact) mass is 417 g/mol. The summed E-state index contributed by atoms with van der Waals surface area (Å²) in [6.07, 6.45) is 1.67. The van der Waals surface area contributed by atoms with Gasteiger partial charge in [0.15, 0.2) is 5.75 Å². The largest absolute Gasteiger partial charge is 0.494 e. The molecule has 6 heteroatoms. The highest BCUT2D eigenvalue weighted by Gasteiger charge is 2.10. The van der Waals surface area contributed by atoms with E-state index in [4.69, 9.17) is 32.7 Å². The SMILES string of the molecule is CCOc1ccc(N=Cc2cc(Cl)c(OCc3cccc(F)c3)c(Cl)c2)cc1. The highest BCUT2D eigenvalue weighted by Crippen LogP contribution is 2.34. The molecule has 0 aliphatic heterocycles. The maximum Gasteiger partial charge on any atom is 0.157 e. The first-order valence-electron chi connectivity index (χ1n) is 8.68. The summed E-state index contributed by atoms with van der Waals surface area (Å²) >= 11 is 12.6. The number of benzene rings is 3. The molecule has 0 bridgehead atoms. The van der Waals surface area contributed by atoms with Crippen molar-refractivity contribution >= 4 is 35.1 Å². The molecule has 0 heterocycles. The van der Waals surface area contributed by atoms with E-state index in [1.807, 2.05) is 31.2 Å². The van der Waals surface area contributed by atoms with Crippen LogP contribution in [0.1, 0.15) is 18.1 Å². The molecule has 144 valence electrons. The van der Waals surface area contributed by atoms with Gasteiger partial charge in [-0.25, -0.2) is 4.39 Å². The van der Waals surface area contributed by atoms with E-state index in [1.54, 1.807) is 30.5 Å². The zero-order valence-electron chi connectivity index (χ0n) is 15.2. The van der Waals surface area contributed by atoms with Crippen LogP contribution in [0.25, 0.3) is 0 Å². The minimum Gasteiger partial charge on any atom is -0.494 e.